The lowest BCUT2D eigenvalue weighted by molar-refractivity contribution is 0.813. The second-order valence-electron chi connectivity index (χ2n) is 4.26. The highest BCUT2D eigenvalue weighted by atomic mass is 35.5. The summed E-state index contributed by atoms with van der Waals surface area (Å²) in [5.41, 5.74) is 0. The number of thiophene rings is 1. The third-order valence-corrected chi connectivity index (χ3v) is 4.17. The van der Waals surface area contributed by atoms with Crippen molar-refractivity contribution in [3.8, 4) is 0 Å². The van der Waals surface area contributed by atoms with Crippen molar-refractivity contribution in [2.24, 2.45) is 0 Å². The molecule has 0 amide bonds. The fourth-order valence-electron chi connectivity index (χ4n) is 1.82. The van der Waals surface area contributed by atoms with Gasteiger partial charge in [0.1, 0.15) is 0 Å². The lowest BCUT2D eigenvalue weighted by atomic mass is 10.5. The van der Waals surface area contributed by atoms with Crippen LogP contribution in [0.4, 0.5) is 17.8 Å². The molecule has 0 fully saturated rings. The number of rotatable bonds is 7. The molecule has 0 aromatic carbocycles. The number of halogens is 1. The number of nitrogens with one attached hydrogen (secondary N) is 2. The molecular weight excluding hydrogens is 308 g/mol. The van der Waals surface area contributed by atoms with Gasteiger partial charge in [-0.2, -0.15) is 15.0 Å². The molecule has 0 atom stereocenters. The molecule has 2 N–H and O–H groups in total. The molecule has 0 aliphatic rings. The third-order valence-electron chi connectivity index (χ3n) is 2.94. The maximum atomic E-state index is 5.93. The van der Waals surface area contributed by atoms with Crippen LogP contribution in [0.3, 0.4) is 0 Å². The van der Waals surface area contributed by atoms with E-state index in [1.54, 1.807) is 18.4 Å². The van der Waals surface area contributed by atoms with Crippen molar-refractivity contribution in [3.05, 3.63) is 21.3 Å². The molecule has 0 aliphatic heterocycles. The molecule has 0 spiro atoms. The molecule has 0 radical (unpaired) electrons. The Morgan fingerprint density at radius 3 is 2.43 bits per heavy atom. The first-order valence-electron chi connectivity index (χ1n) is 6.83. The molecule has 2 heterocycles. The zero-order valence-corrected chi connectivity index (χ0v) is 13.9. The lowest BCUT2D eigenvalue weighted by Crippen LogP contribution is -2.25. The van der Waals surface area contributed by atoms with E-state index in [1.165, 1.54) is 0 Å². The van der Waals surface area contributed by atoms with Crippen LogP contribution in [0.15, 0.2) is 12.1 Å². The maximum Gasteiger partial charge on any atom is 0.231 e. The van der Waals surface area contributed by atoms with E-state index >= 15 is 0 Å². The average molecular weight is 327 g/mol. The van der Waals surface area contributed by atoms with Crippen LogP contribution < -0.4 is 15.5 Å². The van der Waals surface area contributed by atoms with E-state index in [-0.39, 0.29) is 0 Å². The van der Waals surface area contributed by atoms with Crippen molar-refractivity contribution in [1.82, 2.24) is 15.0 Å². The van der Waals surface area contributed by atoms with Gasteiger partial charge in [-0.1, -0.05) is 11.6 Å². The molecule has 0 bridgehead atoms. The fourth-order valence-corrected chi connectivity index (χ4v) is 2.84. The van der Waals surface area contributed by atoms with Gasteiger partial charge in [-0.15, -0.1) is 11.3 Å². The number of nitrogens with zero attached hydrogens (tertiary/aromatic N) is 4. The first-order valence-corrected chi connectivity index (χ1v) is 8.02. The fraction of sp³-hybridized carbons (Fsp3) is 0.462. The zero-order valence-electron chi connectivity index (χ0n) is 12.4. The smallest absolute Gasteiger partial charge is 0.231 e. The van der Waals surface area contributed by atoms with Crippen molar-refractivity contribution in [2.45, 2.75) is 20.4 Å². The van der Waals surface area contributed by atoms with Crippen LogP contribution in [-0.2, 0) is 6.54 Å². The van der Waals surface area contributed by atoms with Gasteiger partial charge in [0.05, 0.1) is 10.9 Å². The predicted molar refractivity (Wildman–Crippen MR) is 89.6 cm³/mol. The van der Waals surface area contributed by atoms with Gasteiger partial charge in [-0.25, -0.2) is 0 Å². The van der Waals surface area contributed by atoms with Gasteiger partial charge in [0.25, 0.3) is 0 Å². The second-order valence-corrected chi connectivity index (χ2v) is 6.06. The first kappa shape index (κ1) is 15.8. The molecule has 6 nitrogen and oxygen atoms in total. The summed E-state index contributed by atoms with van der Waals surface area (Å²) in [4.78, 5) is 16.4. The molecule has 21 heavy (non-hydrogen) atoms. The van der Waals surface area contributed by atoms with Crippen LogP contribution in [0.5, 0.6) is 0 Å². The number of aromatic nitrogens is 3. The van der Waals surface area contributed by atoms with Crippen LogP contribution in [-0.4, -0.2) is 35.1 Å². The zero-order chi connectivity index (χ0) is 15.2. The number of hydrogen-bond acceptors (Lipinski definition) is 7. The Morgan fingerprint density at radius 1 is 1.14 bits per heavy atom. The summed E-state index contributed by atoms with van der Waals surface area (Å²) in [5.74, 6) is 1.78. The highest BCUT2D eigenvalue weighted by molar-refractivity contribution is 7.16. The molecule has 0 aliphatic carbocycles. The van der Waals surface area contributed by atoms with Gasteiger partial charge >= 0.3 is 0 Å². The Balaban J connectivity index is 2.16. The molecular formula is C13H19ClN6S. The van der Waals surface area contributed by atoms with Gasteiger partial charge in [0, 0.05) is 25.0 Å². The SMILES string of the molecule is CCN(CC)c1nc(NC)nc(NCc2ccc(Cl)s2)n1. The summed E-state index contributed by atoms with van der Waals surface area (Å²) in [5, 5.41) is 6.18. The molecule has 2 aromatic heterocycles. The third kappa shape index (κ3) is 4.18. The minimum Gasteiger partial charge on any atom is -0.357 e. The number of hydrogen-bond donors (Lipinski definition) is 2. The van der Waals surface area contributed by atoms with E-state index in [1.807, 2.05) is 12.1 Å². The highest BCUT2D eigenvalue weighted by Crippen LogP contribution is 2.22. The quantitative estimate of drug-likeness (QED) is 0.815. The molecule has 2 aromatic rings. The minimum atomic E-state index is 0.554. The molecule has 0 unspecified atom stereocenters. The standard InChI is InChI=1S/C13H19ClN6S/c1-4-20(5-2)13-18-11(15-3)17-12(19-13)16-8-9-6-7-10(14)21-9/h6-7H,4-5,8H2,1-3H3,(H2,15,16,17,18,19). The largest absolute Gasteiger partial charge is 0.357 e. The van der Waals surface area contributed by atoms with Gasteiger partial charge < -0.3 is 15.5 Å². The monoisotopic (exact) mass is 326 g/mol. The highest BCUT2D eigenvalue weighted by Gasteiger charge is 2.10. The maximum absolute atomic E-state index is 5.93. The lowest BCUT2D eigenvalue weighted by Gasteiger charge is -2.19. The molecule has 0 saturated carbocycles. The van der Waals surface area contributed by atoms with Crippen molar-refractivity contribution < 1.29 is 0 Å². The summed E-state index contributed by atoms with van der Waals surface area (Å²) in [6.07, 6.45) is 0. The predicted octanol–water partition coefficient (Wildman–Crippen LogP) is 3.09. The van der Waals surface area contributed by atoms with Crippen LogP contribution in [0.2, 0.25) is 4.34 Å². The summed E-state index contributed by atoms with van der Waals surface area (Å²) >= 11 is 7.47. The molecule has 0 saturated heterocycles. The normalized spacial score (nSPS) is 10.5. The van der Waals surface area contributed by atoms with Gasteiger partial charge in [0.2, 0.25) is 17.8 Å². The van der Waals surface area contributed by atoms with Crippen LogP contribution in [0.25, 0.3) is 0 Å². The first-order chi connectivity index (χ1) is 10.2. The van der Waals surface area contributed by atoms with Crippen molar-refractivity contribution in [1.29, 1.82) is 0 Å². The van der Waals surface area contributed by atoms with Gasteiger partial charge in [-0.05, 0) is 26.0 Å². The Bertz CT molecular complexity index is 584. The molecule has 8 heteroatoms. The summed E-state index contributed by atoms with van der Waals surface area (Å²) in [6, 6.07) is 3.88. The topological polar surface area (TPSA) is 66.0 Å². The van der Waals surface area contributed by atoms with E-state index in [9.17, 15) is 0 Å². The average Bonchev–Trinajstić information content (AvgIpc) is 2.92. The van der Waals surface area contributed by atoms with Crippen molar-refractivity contribution in [2.75, 3.05) is 35.7 Å². The van der Waals surface area contributed by atoms with Crippen LogP contribution in [0.1, 0.15) is 18.7 Å². The Labute approximate surface area is 133 Å². The van der Waals surface area contributed by atoms with E-state index in [0.717, 1.165) is 22.3 Å². The Hall–Kier alpha value is -1.60. The molecule has 2 rings (SSSR count). The summed E-state index contributed by atoms with van der Waals surface area (Å²) in [7, 11) is 1.80. The van der Waals surface area contributed by atoms with E-state index in [2.05, 4.69) is 44.3 Å². The summed E-state index contributed by atoms with van der Waals surface area (Å²) in [6.45, 7) is 6.50. The van der Waals surface area contributed by atoms with Crippen LogP contribution >= 0.6 is 22.9 Å². The van der Waals surface area contributed by atoms with Gasteiger partial charge in [0.15, 0.2) is 0 Å². The summed E-state index contributed by atoms with van der Waals surface area (Å²) < 4.78 is 0.780. The Kier molecular flexibility index (Phi) is 5.58. The van der Waals surface area contributed by atoms with Gasteiger partial charge in [-0.3, -0.25) is 0 Å². The second kappa shape index (κ2) is 7.42. The minimum absolute atomic E-state index is 0.554. The number of anilines is 3. The Morgan fingerprint density at radius 2 is 1.86 bits per heavy atom. The van der Waals surface area contributed by atoms with Crippen molar-refractivity contribution in [3.63, 3.8) is 0 Å². The van der Waals surface area contributed by atoms with E-state index < -0.39 is 0 Å². The van der Waals surface area contributed by atoms with Crippen LogP contribution in [0, 0.1) is 0 Å². The molecule has 114 valence electrons. The van der Waals surface area contributed by atoms with E-state index in [0.29, 0.717) is 24.4 Å². The van der Waals surface area contributed by atoms with Crippen molar-refractivity contribution >= 4 is 40.8 Å². The van der Waals surface area contributed by atoms with E-state index in [4.69, 9.17) is 11.6 Å².